The second-order valence-corrected chi connectivity index (χ2v) is 10.4. The van der Waals surface area contributed by atoms with Crippen LogP contribution in [0.25, 0.3) is 16.8 Å². The number of nitrogens with zero attached hydrogens (tertiary/aromatic N) is 3. The summed E-state index contributed by atoms with van der Waals surface area (Å²) in [7, 11) is 0. The summed E-state index contributed by atoms with van der Waals surface area (Å²) >= 11 is 1.46. The van der Waals surface area contributed by atoms with Gasteiger partial charge in [-0.25, -0.2) is 9.78 Å². The number of anilines is 1. The van der Waals surface area contributed by atoms with E-state index in [9.17, 15) is 10.1 Å². The predicted octanol–water partition coefficient (Wildman–Crippen LogP) is 7.33. The fourth-order valence-corrected chi connectivity index (χ4v) is 5.58. The van der Waals surface area contributed by atoms with Crippen LogP contribution in [0.3, 0.4) is 0 Å². The Bertz CT molecular complexity index is 1250. The lowest BCUT2D eigenvalue weighted by Gasteiger charge is -2.22. The van der Waals surface area contributed by atoms with Crippen LogP contribution in [0.5, 0.6) is 0 Å². The van der Waals surface area contributed by atoms with Gasteiger partial charge in [0, 0.05) is 29.4 Å². The lowest BCUT2D eigenvalue weighted by Crippen LogP contribution is -2.27. The van der Waals surface area contributed by atoms with Crippen molar-refractivity contribution in [3.05, 3.63) is 76.2 Å². The first-order chi connectivity index (χ1) is 18.6. The molecule has 1 heterocycles. The van der Waals surface area contributed by atoms with Gasteiger partial charge >= 0.3 is 5.97 Å². The number of nitrogens with one attached hydrogen (secondary N) is 1. The Morgan fingerprint density at radius 2 is 1.82 bits per heavy atom. The smallest absolute Gasteiger partial charge is 0.338 e. The van der Waals surface area contributed by atoms with Gasteiger partial charge in [0.2, 0.25) is 0 Å². The zero-order valence-electron chi connectivity index (χ0n) is 22.3. The van der Waals surface area contributed by atoms with Gasteiger partial charge in [0.25, 0.3) is 0 Å². The molecule has 0 radical (unpaired) electrons. The van der Waals surface area contributed by atoms with Gasteiger partial charge in [-0.2, -0.15) is 5.26 Å². The van der Waals surface area contributed by atoms with Crippen LogP contribution >= 0.6 is 11.3 Å². The summed E-state index contributed by atoms with van der Waals surface area (Å²) in [6.07, 6.45) is 8.24. The van der Waals surface area contributed by atoms with E-state index in [1.165, 1.54) is 49.0 Å². The SMILES string of the molecule is CCN(CC)CCOC(=O)c1ccc(NC=C(C#N)c2nc(-c3ccc(C4CCCCC4)cc3)cs2)cc1. The third-order valence-corrected chi connectivity index (χ3v) is 8.05. The molecule has 0 aliphatic heterocycles. The first-order valence-electron chi connectivity index (χ1n) is 13.5. The van der Waals surface area contributed by atoms with Crippen molar-refractivity contribution in [3.63, 3.8) is 0 Å². The summed E-state index contributed by atoms with van der Waals surface area (Å²) in [5.74, 6) is 0.347. The second-order valence-electron chi connectivity index (χ2n) is 9.55. The van der Waals surface area contributed by atoms with Crippen LogP contribution in [0.2, 0.25) is 0 Å². The highest BCUT2D eigenvalue weighted by Crippen LogP contribution is 2.34. The lowest BCUT2D eigenvalue weighted by molar-refractivity contribution is 0.0466. The maximum Gasteiger partial charge on any atom is 0.338 e. The van der Waals surface area contributed by atoms with Gasteiger partial charge in [0.15, 0.2) is 0 Å². The standard InChI is InChI=1S/C31H36N4O2S/c1-3-35(4-2)18-19-37-31(36)26-14-16-28(17-15-26)33-21-27(20-32)30-34-29(22-38-30)25-12-10-24(11-13-25)23-8-6-5-7-9-23/h10-17,21-23,33H,3-9,18-19H2,1-2H3. The maximum atomic E-state index is 12.3. The highest BCUT2D eigenvalue weighted by molar-refractivity contribution is 7.11. The molecule has 2 aromatic carbocycles. The lowest BCUT2D eigenvalue weighted by atomic mass is 9.84. The highest BCUT2D eigenvalue weighted by Gasteiger charge is 2.16. The quantitative estimate of drug-likeness (QED) is 0.207. The van der Waals surface area contributed by atoms with E-state index in [2.05, 4.69) is 54.4 Å². The molecule has 1 aliphatic carbocycles. The summed E-state index contributed by atoms with van der Waals surface area (Å²) in [6, 6.07) is 18.0. The van der Waals surface area contributed by atoms with E-state index in [4.69, 9.17) is 9.72 Å². The Hall–Kier alpha value is -3.47. The number of likely N-dealkylation sites (N-methyl/N-ethyl adjacent to an activating group) is 1. The number of esters is 1. The van der Waals surface area contributed by atoms with E-state index in [0.29, 0.717) is 28.7 Å². The van der Waals surface area contributed by atoms with Crippen LogP contribution in [-0.2, 0) is 4.74 Å². The molecule has 1 aliphatic rings. The van der Waals surface area contributed by atoms with Gasteiger partial charge in [-0.1, -0.05) is 57.4 Å². The van der Waals surface area contributed by atoms with E-state index >= 15 is 0 Å². The number of carbonyl (C=O) groups is 1. The number of nitriles is 1. The van der Waals surface area contributed by atoms with Gasteiger partial charge < -0.3 is 15.0 Å². The first-order valence-corrected chi connectivity index (χ1v) is 14.4. The Labute approximate surface area is 230 Å². The predicted molar refractivity (Wildman–Crippen MR) is 155 cm³/mol. The van der Waals surface area contributed by atoms with Crippen molar-refractivity contribution >= 4 is 28.6 Å². The summed E-state index contributed by atoms with van der Waals surface area (Å²) in [6.45, 7) is 7.14. The molecule has 6 nitrogen and oxygen atoms in total. The van der Waals surface area contributed by atoms with Crippen LogP contribution in [0.1, 0.15) is 72.8 Å². The number of carbonyl (C=O) groups excluding carboxylic acids is 1. The number of ether oxygens (including phenoxy) is 1. The molecule has 4 rings (SSSR count). The Morgan fingerprint density at radius 3 is 2.47 bits per heavy atom. The summed E-state index contributed by atoms with van der Waals surface area (Å²) < 4.78 is 5.39. The van der Waals surface area contributed by atoms with E-state index in [-0.39, 0.29) is 5.97 Å². The van der Waals surface area contributed by atoms with Gasteiger partial charge in [-0.15, -0.1) is 11.3 Å². The molecule has 0 atom stereocenters. The molecule has 1 saturated carbocycles. The van der Waals surface area contributed by atoms with Crippen molar-refractivity contribution in [2.45, 2.75) is 51.9 Å². The van der Waals surface area contributed by atoms with E-state index in [1.54, 1.807) is 30.5 Å². The zero-order valence-corrected chi connectivity index (χ0v) is 23.1. The average molecular weight is 529 g/mol. The summed E-state index contributed by atoms with van der Waals surface area (Å²) in [5, 5.41) is 15.5. The third kappa shape index (κ3) is 7.31. The largest absolute Gasteiger partial charge is 0.461 e. The molecule has 198 valence electrons. The fourth-order valence-electron chi connectivity index (χ4n) is 4.78. The van der Waals surface area contributed by atoms with Crippen LogP contribution in [-0.4, -0.2) is 42.1 Å². The zero-order chi connectivity index (χ0) is 26.7. The molecule has 1 aromatic heterocycles. The maximum absolute atomic E-state index is 12.3. The molecule has 7 heteroatoms. The van der Waals surface area contributed by atoms with Crippen LogP contribution < -0.4 is 5.32 Å². The normalized spacial score (nSPS) is 14.3. The van der Waals surface area contributed by atoms with Crippen molar-refractivity contribution in [1.82, 2.24) is 9.88 Å². The average Bonchev–Trinajstić information content (AvgIpc) is 3.46. The number of benzene rings is 2. The fraction of sp³-hybridized carbons (Fsp3) is 0.387. The number of thiazole rings is 1. The van der Waals surface area contributed by atoms with Crippen LogP contribution in [0.15, 0.2) is 60.1 Å². The third-order valence-electron chi connectivity index (χ3n) is 7.18. The van der Waals surface area contributed by atoms with E-state index in [1.807, 2.05) is 5.38 Å². The van der Waals surface area contributed by atoms with Crippen molar-refractivity contribution in [3.8, 4) is 17.3 Å². The number of allylic oxidation sites excluding steroid dienone is 1. The van der Waals surface area contributed by atoms with E-state index < -0.39 is 0 Å². The topological polar surface area (TPSA) is 78.2 Å². The molecule has 3 aromatic rings. The number of aromatic nitrogens is 1. The first kappa shape index (κ1) is 27.6. The molecule has 0 amide bonds. The van der Waals surface area contributed by atoms with Crippen molar-refractivity contribution in [2.75, 3.05) is 31.6 Å². The Kier molecular flexibility index (Phi) is 10.1. The molecule has 1 N–H and O–H groups in total. The molecule has 38 heavy (non-hydrogen) atoms. The van der Waals surface area contributed by atoms with Gasteiger partial charge in [-0.3, -0.25) is 0 Å². The van der Waals surface area contributed by atoms with Crippen LogP contribution in [0, 0.1) is 11.3 Å². The van der Waals surface area contributed by atoms with E-state index in [0.717, 1.165) is 36.6 Å². The molecule has 0 saturated heterocycles. The highest BCUT2D eigenvalue weighted by atomic mass is 32.1. The second kappa shape index (κ2) is 13.9. The molecule has 0 bridgehead atoms. The minimum absolute atomic E-state index is 0.334. The minimum Gasteiger partial charge on any atom is -0.461 e. The van der Waals surface area contributed by atoms with Crippen molar-refractivity contribution in [1.29, 1.82) is 5.26 Å². The Morgan fingerprint density at radius 1 is 1.11 bits per heavy atom. The van der Waals surface area contributed by atoms with Gasteiger partial charge in [0.1, 0.15) is 23.3 Å². The molecule has 0 unspecified atom stereocenters. The number of rotatable bonds is 11. The van der Waals surface area contributed by atoms with Crippen molar-refractivity contribution in [2.24, 2.45) is 0 Å². The summed E-state index contributed by atoms with van der Waals surface area (Å²) in [4.78, 5) is 19.2. The molecular formula is C31H36N4O2S. The van der Waals surface area contributed by atoms with Crippen molar-refractivity contribution < 1.29 is 9.53 Å². The number of hydrogen-bond acceptors (Lipinski definition) is 7. The Balaban J connectivity index is 1.34. The molecule has 1 fully saturated rings. The molecule has 0 spiro atoms. The van der Waals surface area contributed by atoms with Crippen LogP contribution in [0.4, 0.5) is 5.69 Å². The number of hydrogen-bond donors (Lipinski definition) is 1. The minimum atomic E-state index is -0.334. The van der Waals surface area contributed by atoms with Gasteiger partial charge in [0.05, 0.1) is 11.3 Å². The monoisotopic (exact) mass is 528 g/mol. The van der Waals surface area contributed by atoms with Gasteiger partial charge in [-0.05, 0) is 61.7 Å². The summed E-state index contributed by atoms with van der Waals surface area (Å²) in [5.41, 5.74) is 5.10. The molecular weight excluding hydrogens is 492 g/mol.